The molecule has 1 saturated heterocycles. The minimum Gasteiger partial charge on any atom is -0.445 e. The van der Waals surface area contributed by atoms with Gasteiger partial charge in [-0.25, -0.2) is 9.18 Å². The number of ether oxygens (including phenoxy) is 1. The predicted molar refractivity (Wildman–Crippen MR) is 76.2 cm³/mol. The van der Waals surface area contributed by atoms with E-state index >= 15 is 0 Å². The molecule has 1 aromatic carbocycles. The molecule has 22 heavy (non-hydrogen) atoms. The van der Waals surface area contributed by atoms with Crippen LogP contribution in [0, 0.1) is 0 Å². The fourth-order valence-electron chi connectivity index (χ4n) is 2.24. The third-order valence-electron chi connectivity index (χ3n) is 3.37. The molecule has 1 amide bonds. The second-order valence-electron chi connectivity index (χ2n) is 4.88. The molecule has 2 rings (SSSR count). The van der Waals surface area contributed by atoms with Crippen LogP contribution in [-0.4, -0.2) is 60.6 Å². The molecule has 7 nitrogen and oxygen atoms in total. The van der Waals surface area contributed by atoms with Crippen molar-refractivity contribution in [2.45, 2.75) is 12.6 Å². The van der Waals surface area contributed by atoms with Gasteiger partial charge in [0.25, 0.3) is 0 Å². The summed E-state index contributed by atoms with van der Waals surface area (Å²) in [5.41, 5.74) is 0.814. The average molecular weight is 332 g/mol. The zero-order chi connectivity index (χ0) is 16.2. The van der Waals surface area contributed by atoms with Crippen molar-refractivity contribution in [1.82, 2.24) is 9.21 Å². The first-order valence-electron chi connectivity index (χ1n) is 6.67. The fourth-order valence-corrected chi connectivity index (χ4v) is 3.06. The Morgan fingerprint density at radius 2 is 2.00 bits per heavy atom. The van der Waals surface area contributed by atoms with Crippen molar-refractivity contribution >= 4 is 16.4 Å². The zero-order valence-corrected chi connectivity index (χ0v) is 12.6. The first-order valence-corrected chi connectivity index (χ1v) is 8.07. The Balaban J connectivity index is 1.92. The highest BCUT2D eigenvalue weighted by molar-refractivity contribution is 7.83. The number of nitrogens with zero attached hydrogens (tertiary/aromatic N) is 2. The third kappa shape index (κ3) is 4.15. The largest absolute Gasteiger partial charge is 0.445 e. The molecule has 0 aliphatic carbocycles. The maximum atomic E-state index is 13.0. The first-order chi connectivity index (χ1) is 10.4. The van der Waals surface area contributed by atoms with Gasteiger partial charge < -0.3 is 9.64 Å². The topological polar surface area (TPSA) is 87.2 Å². The Kier molecular flexibility index (Phi) is 5.33. The monoisotopic (exact) mass is 332 g/mol. The Bertz CT molecular complexity index is 610. The van der Waals surface area contributed by atoms with Crippen LogP contribution >= 0.6 is 0 Å². The van der Waals surface area contributed by atoms with Gasteiger partial charge in [0.2, 0.25) is 0 Å². The fraction of sp³-hybridized carbons (Fsp3) is 0.462. The van der Waals surface area contributed by atoms with Gasteiger partial charge in [0.05, 0.1) is 6.04 Å². The quantitative estimate of drug-likeness (QED) is 0.834. The van der Waals surface area contributed by atoms with Crippen molar-refractivity contribution in [2.24, 2.45) is 0 Å². The van der Waals surface area contributed by atoms with E-state index in [2.05, 4.69) is 0 Å². The number of halogens is 1. The molecule has 0 spiro atoms. The molecule has 1 heterocycles. The van der Waals surface area contributed by atoms with E-state index in [1.165, 1.54) is 4.90 Å². The normalized spacial score (nSPS) is 19.9. The van der Waals surface area contributed by atoms with Gasteiger partial charge in [-0.1, -0.05) is 30.3 Å². The summed E-state index contributed by atoms with van der Waals surface area (Å²) >= 11 is 0. The van der Waals surface area contributed by atoms with E-state index in [0.29, 0.717) is 4.31 Å². The SMILES string of the molecule is O=C(OCc1ccccc1)N1CCN(S(=O)(=O)O)C(CF)C1. The van der Waals surface area contributed by atoms with Gasteiger partial charge in [-0.3, -0.25) is 4.55 Å². The number of rotatable bonds is 4. The number of hydrogen-bond donors (Lipinski definition) is 1. The number of amides is 1. The van der Waals surface area contributed by atoms with E-state index in [1.807, 2.05) is 18.2 Å². The van der Waals surface area contributed by atoms with Crippen LogP contribution < -0.4 is 0 Å². The highest BCUT2D eigenvalue weighted by Gasteiger charge is 2.36. The van der Waals surface area contributed by atoms with Gasteiger partial charge in [-0.05, 0) is 5.56 Å². The summed E-state index contributed by atoms with van der Waals surface area (Å²) < 4.78 is 50.0. The second-order valence-corrected chi connectivity index (χ2v) is 6.25. The highest BCUT2D eigenvalue weighted by Crippen LogP contribution is 2.15. The van der Waals surface area contributed by atoms with Crippen LogP contribution in [0.25, 0.3) is 0 Å². The zero-order valence-electron chi connectivity index (χ0n) is 11.8. The van der Waals surface area contributed by atoms with Crippen molar-refractivity contribution in [1.29, 1.82) is 0 Å². The third-order valence-corrected chi connectivity index (χ3v) is 4.44. The lowest BCUT2D eigenvalue weighted by Crippen LogP contribution is -2.57. The minimum absolute atomic E-state index is 0.0317. The van der Waals surface area contributed by atoms with Gasteiger partial charge in [-0.2, -0.15) is 12.7 Å². The van der Waals surface area contributed by atoms with Gasteiger partial charge in [0.1, 0.15) is 13.3 Å². The Morgan fingerprint density at radius 3 is 2.59 bits per heavy atom. The van der Waals surface area contributed by atoms with E-state index < -0.39 is 29.1 Å². The predicted octanol–water partition coefficient (Wildman–Crippen LogP) is 1.08. The molecule has 1 aromatic rings. The molecule has 0 aromatic heterocycles. The van der Waals surface area contributed by atoms with Crippen molar-refractivity contribution in [3.63, 3.8) is 0 Å². The summed E-state index contributed by atoms with van der Waals surface area (Å²) in [6.45, 7) is -1.22. The lowest BCUT2D eigenvalue weighted by atomic mass is 10.2. The van der Waals surface area contributed by atoms with E-state index in [4.69, 9.17) is 9.29 Å². The van der Waals surface area contributed by atoms with E-state index in [1.54, 1.807) is 12.1 Å². The van der Waals surface area contributed by atoms with Crippen molar-refractivity contribution in [3.8, 4) is 0 Å². The second kappa shape index (κ2) is 7.03. The molecule has 1 aliphatic heterocycles. The minimum atomic E-state index is -4.48. The van der Waals surface area contributed by atoms with E-state index in [0.717, 1.165) is 5.56 Å². The molecule has 1 N–H and O–H groups in total. The number of hydrogen-bond acceptors (Lipinski definition) is 4. The Hall–Kier alpha value is -1.71. The van der Waals surface area contributed by atoms with E-state index in [-0.39, 0.29) is 26.2 Å². The number of carbonyl (C=O) groups excluding carboxylic acids is 1. The van der Waals surface area contributed by atoms with Crippen LogP contribution in [0.15, 0.2) is 30.3 Å². The molecule has 1 aliphatic rings. The summed E-state index contributed by atoms with van der Waals surface area (Å²) in [5.74, 6) is 0. The average Bonchev–Trinajstić information content (AvgIpc) is 2.52. The molecule has 1 unspecified atom stereocenters. The first kappa shape index (κ1) is 16.7. The molecule has 1 fully saturated rings. The number of piperazine rings is 1. The van der Waals surface area contributed by atoms with Crippen LogP contribution in [0.4, 0.5) is 9.18 Å². The molecule has 0 saturated carbocycles. The summed E-state index contributed by atoms with van der Waals surface area (Å²) in [6, 6.07) is 7.96. The summed E-state index contributed by atoms with van der Waals surface area (Å²) in [6.07, 6.45) is -0.641. The van der Waals surface area contributed by atoms with Gasteiger partial charge in [0.15, 0.2) is 0 Å². The highest BCUT2D eigenvalue weighted by atomic mass is 32.2. The maximum absolute atomic E-state index is 13.0. The van der Waals surface area contributed by atoms with Crippen molar-refractivity contribution in [2.75, 3.05) is 26.3 Å². The van der Waals surface area contributed by atoms with Gasteiger partial charge in [0, 0.05) is 19.6 Å². The summed E-state index contributed by atoms with van der Waals surface area (Å²) in [5, 5.41) is 0. The van der Waals surface area contributed by atoms with Crippen LogP contribution in [0.2, 0.25) is 0 Å². The lowest BCUT2D eigenvalue weighted by Gasteiger charge is -2.37. The summed E-state index contributed by atoms with van der Waals surface area (Å²) in [4.78, 5) is 13.2. The molecule has 0 bridgehead atoms. The molecule has 122 valence electrons. The number of carbonyl (C=O) groups is 1. The molecular formula is C13H17FN2O5S. The number of benzene rings is 1. The smallest absolute Gasteiger partial charge is 0.410 e. The maximum Gasteiger partial charge on any atom is 0.410 e. The Morgan fingerprint density at radius 1 is 1.32 bits per heavy atom. The number of alkyl halides is 1. The summed E-state index contributed by atoms with van der Waals surface area (Å²) in [7, 11) is -4.48. The van der Waals surface area contributed by atoms with Crippen molar-refractivity contribution < 1.29 is 26.9 Å². The van der Waals surface area contributed by atoms with Crippen LogP contribution in [-0.2, 0) is 21.6 Å². The standard InChI is InChI=1S/C13H17FN2O5S/c14-8-12-9-15(6-7-16(12)22(18,19)20)13(17)21-10-11-4-2-1-3-5-11/h1-5,12H,6-10H2,(H,18,19,20). The van der Waals surface area contributed by atoms with Crippen LogP contribution in [0.3, 0.4) is 0 Å². The van der Waals surface area contributed by atoms with Gasteiger partial charge >= 0.3 is 16.4 Å². The van der Waals surface area contributed by atoms with E-state index in [9.17, 15) is 17.6 Å². The molecular weight excluding hydrogens is 315 g/mol. The van der Waals surface area contributed by atoms with Crippen LogP contribution in [0.5, 0.6) is 0 Å². The molecule has 1 atom stereocenters. The molecule has 9 heteroatoms. The van der Waals surface area contributed by atoms with Gasteiger partial charge in [-0.15, -0.1) is 0 Å². The lowest BCUT2D eigenvalue weighted by molar-refractivity contribution is 0.0635. The Labute approximate surface area is 128 Å². The van der Waals surface area contributed by atoms with Crippen LogP contribution in [0.1, 0.15) is 5.56 Å². The molecule has 0 radical (unpaired) electrons. The van der Waals surface area contributed by atoms with Crippen molar-refractivity contribution in [3.05, 3.63) is 35.9 Å².